The summed E-state index contributed by atoms with van der Waals surface area (Å²) in [7, 11) is 1.70. The molecule has 1 aliphatic rings. The van der Waals surface area contributed by atoms with Gasteiger partial charge >= 0.3 is 0 Å². The molecule has 0 saturated carbocycles. The van der Waals surface area contributed by atoms with Gasteiger partial charge in [-0.25, -0.2) is 14.3 Å². The molecule has 8 nitrogen and oxygen atoms in total. The number of hydrogen-bond donors (Lipinski definition) is 2. The molecule has 168 valence electrons. The highest BCUT2D eigenvalue weighted by molar-refractivity contribution is 7.99. The SMILES string of the molecule is Cn1c(Sc2c(F)cc(C(=O)NO)cc2F)nnc1-c1ccc(CCN2CCCC2)nc1. The second-order valence-electron chi connectivity index (χ2n) is 7.51. The summed E-state index contributed by atoms with van der Waals surface area (Å²) in [5, 5.41) is 17.1. The molecule has 3 aromatic rings. The summed E-state index contributed by atoms with van der Waals surface area (Å²) < 4.78 is 30.4. The Bertz CT molecular complexity index is 1090. The maximum Gasteiger partial charge on any atom is 0.274 e. The molecule has 1 aromatic carbocycles. The van der Waals surface area contributed by atoms with Gasteiger partial charge in [-0.2, -0.15) is 0 Å². The second kappa shape index (κ2) is 9.72. The standard InChI is InChI=1S/C21H22F2N6O2S/c1-28-19(13-4-5-15(24-12-13)6-9-29-7-2-3-8-29)25-26-21(28)32-18-16(22)10-14(11-17(18)23)20(30)27-31/h4-5,10-12,31H,2-3,6-9H2,1H3,(H,27,30). The lowest BCUT2D eigenvalue weighted by Gasteiger charge is -2.13. The minimum absolute atomic E-state index is 0.273. The Hall–Kier alpha value is -2.89. The number of pyridine rings is 1. The molecule has 2 N–H and O–H groups in total. The van der Waals surface area contributed by atoms with Crippen LogP contribution in [0.4, 0.5) is 8.78 Å². The van der Waals surface area contributed by atoms with Crippen LogP contribution in [0.3, 0.4) is 0 Å². The van der Waals surface area contributed by atoms with E-state index < -0.39 is 17.5 Å². The number of carbonyl (C=O) groups is 1. The van der Waals surface area contributed by atoms with Crippen LogP contribution < -0.4 is 5.48 Å². The number of benzene rings is 1. The predicted molar refractivity (Wildman–Crippen MR) is 113 cm³/mol. The lowest BCUT2D eigenvalue weighted by molar-refractivity contribution is 0.0705. The molecule has 3 heterocycles. The fraction of sp³-hybridized carbons (Fsp3) is 0.333. The van der Waals surface area contributed by atoms with E-state index in [1.54, 1.807) is 17.8 Å². The Balaban J connectivity index is 1.48. The van der Waals surface area contributed by atoms with Crippen LogP contribution in [0, 0.1) is 11.6 Å². The molecule has 0 bridgehead atoms. The lowest BCUT2D eigenvalue weighted by Crippen LogP contribution is -2.22. The number of hydrogen-bond acceptors (Lipinski definition) is 7. The van der Waals surface area contributed by atoms with Gasteiger partial charge in [0, 0.05) is 43.0 Å². The summed E-state index contributed by atoms with van der Waals surface area (Å²) in [6.07, 6.45) is 5.12. The number of amides is 1. The maximum atomic E-state index is 14.4. The lowest BCUT2D eigenvalue weighted by atomic mass is 10.2. The summed E-state index contributed by atoms with van der Waals surface area (Å²) in [4.78, 5) is 18.0. The van der Waals surface area contributed by atoms with E-state index >= 15 is 0 Å². The first-order valence-electron chi connectivity index (χ1n) is 10.1. The number of hydroxylamine groups is 1. The molecule has 1 amide bonds. The zero-order valence-corrected chi connectivity index (χ0v) is 18.2. The average molecular weight is 461 g/mol. The molecule has 0 spiro atoms. The summed E-state index contributed by atoms with van der Waals surface area (Å²) >= 11 is 0.756. The van der Waals surface area contributed by atoms with Crippen LogP contribution in [0.2, 0.25) is 0 Å². The molecule has 0 aliphatic carbocycles. The van der Waals surface area contributed by atoms with Gasteiger partial charge in [-0.05, 0) is 62.0 Å². The van der Waals surface area contributed by atoms with Crippen LogP contribution in [-0.2, 0) is 13.5 Å². The first kappa shape index (κ1) is 22.3. The highest BCUT2D eigenvalue weighted by Crippen LogP contribution is 2.33. The first-order chi connectivity index (χ1) is 15.5. The summed E-state index contributed by atoms with van der Waals surface area (Å²) in [5.74, 6) is -2.37. The van der Waals surface area contributed by atoms with Gasteiger partial charge in [0.2, 0.25) is 0 Å². The van der Waals surface area contributed by atoms with Crippen molar-refractivity contribution in [1.29, 1.82) is 0 Å². The number of nitrogens with one attached hydrogen (secondary N) is 1. The van der Waals surface area contributed by atoms with Crippen molar-refractivity contribution in [3.8, 4) is 11.4 Å². The Labute approximate surface area is 187 Å². The molecule has 32 heavy (non-hydrogen) atoms. The monoisotopic (exact) mass is 460 g/mol. The molecule has 0 atom stereocenters. The molecule has 1 saturated heterocycles. The molecule has 2 aromatic heterocycles. The van der Waals surface area contributed by atoms with Crippen molar-refractivity contribution in [3.63, 3.8) is 0 Å². The number of carbonyl (C=O) groups excluding carboxylic acids is 1. The predicted octanol–water partition coefficient (Wildman–Crippen LogP) is 3.06. The van der Waals surface area contributed by atoms with E-state index in [1.165, 1.54) is 18.3 Å². The van der Waals surface area contributed by atoms with E-state index in [0.717, 1.165) is 61.2 Å². The number of rotatable bonds is 7. The molecule has 4 rings (SSSR count). The first-order valence-corrected chi connectivity index (χ1v) is 11.0. The van der Waals surface area contributed by atoms with Gasteiger partial charge in [-0.3, -0.25) is 15.0 Å². The third-order valence-electron chi connectivity index (χ3n) is 5.36. The highest BCUT2D eigenvalue weighted by atomic mass is 32.2. The molecule has 0 radical (unpaired) electrons. The third-order valence-corrected chi connectivity index (χ3v) is 6.49. The van der Waals surface area contributed by atoms with Crippen LogP contribution >= 0.6 is 11.8 Å². The quantitative estimate of drug-likeness (QED) is 0.413. The summed E-state index contributed by atoms with van der Waals surface area (Å²) in [6, 6.07) is 5.56. The zero-order chi connectivity index (χ0) is 22.7. The largest absolute Gasteiger partial charge is 0.305 e. The van der Waals surface area contributed by atoms with Crippen molar-refractivity contribution in [2.24, 2.45) is 7.05 Å². The third kappa shape index (κ3) is 4.79. The van der Waals surface area contributed by atoms with Gasteiger partial charge in [0.15, 0.2) is 11.0 Å². The number of nitrogens with zero attached hydrogens (tertiary/aromatic N) is 5. The van der Waals surface area contributed by atoms with Gasteiger partial charge in [-0.1, -0.05) is 0 Å². The number of aromatic nitrogens is 4. The van der Waals surface area contributed by atoms with E-state index in [0.29, 0.717) is 5.82 Å². The Morgan fingerprint density at radius 3 is 2.53 bits per heavy atom. The van der Waals surface area contributed by atoms with E-state index in [4.69, 9.17) is 5.21 Å². The fourth-order valence-electron chi connectivity index (χ4n) is 3.58. The van der Waals surface area contributed by atoms with Crippen LogP contribution in [0.5, 0.6) is 0 Å². The zero-order valence-electron chi connectivity index (χ0n) is 17.4. The van der Waals surface area contributed by atoms with Crippen molar-refractivity contribution in [2.45, 2.75) is 29.3 Å². The van der Waals surface area contributed by atoms with Crippen molar-refractivity contribution < 1.29 is 18.8 Å². The molecule has 1 aliphatic heterocycles. The molecule has 11 heteroatoms. The van der Waals surface area contributed by atoms with Crippen molar-refractivity contribution in [3.05, 3.63) is 53.4 Å². The van der Waals surface area contributed by atoms with Crippen LogP contribution in [0.25, 0.3) is 11.4 Å². The van der Waals surface area contributed by atoms with Crippen LogP contribution in [-0.4, -0.2) is 55.4 Å². The van der Waals surface area contributed by atoms with Gasteiger partial charge in [-0.15, -0.1) is 10.2 Å². The van der Waals surface area contributed by atoms with Crippen molar-refractivity contribution in [2.75, 3.05) is 19.6 Å². The van der Waals surface area contributed by atoms with Crippen LogP contribution in [0.15, 0.2) is 40.5 Å². The maximum absolute atomic E-state index is 14.4. The normalized spacial score (nSPS) is 14.1. The van der Waals surface area contributed by atoms with Crippen LogP contribution in [0.1, 0.15) is 28.9 Å². The van der Waals surface area contributed by atoms with E-state index in [-0.39, 0.29) is 15.6 Å². The second-order valence-corrected chi connectivity index (χ2v) is 8.49. The van der Waals surface area contributed by atoms with Crippen molar-refractivity contribution >= 4 is 17.7 Å². The van der Waals surface area contributed by atoms with E-state index in [9.17, 15) is 13.6 Å². The minimum Gasteiger partial charge on any atom is -0.305 e. The van der Waals surface area contributed by atoms with Crippen molar-refractivity contribution in [1.82, 2.24) is 30.1 Å². The molecular formula is C21H22F2N6O2S. The highest BCUT2D eigenvalue weighted by Gasteiger charge is 2.20. The number of halogens is 2. The minimum atomic E-state index is -1.00. The molecule has 1 fully saturated rings. The van der Waals surface area contributed by atoms with Gasteiger partial charge in [0.05, 0.1) is 4.90 Å². The topological polar surface area (TPSA) is 96.2 Å². The van der Waals surface area contributed by atoms with E-state index in [1.807, 2.05) is 12.1 Å². The Morgan fingerprint density at radius 2 is 1.91 bits per heavy atom. The van der Waals surface area contributed by atoms with Gasteiger partial charge in [0.1, 0.15) is 11.6 Å². The molecular weight excluding hydrogens is 438 g/mol. The Kier molecular flexibility index (Phi) is 6.77. The number of likely N-dealkylation sites (tertiary alicyclic amines) is 1. The van der Waals surface area contributed by atoms with Gasteiger partial charge < -0.3 is 9.47 Å². The summed E-state index contributed by atoms with van der Waals surface area (Å²) in [5.41, 5.74) is 2.75. The summed E-state index contributed by atoms with van der Waals surface area (Å²) in [6.45, 7) is 3.29. The smallest absolute Gasteiger partial charge is 0.274 e. The Morgan fingerprint density at radius 1 is 1.19 bits per heavy atom. The van der Waals surface area contributed by atoms with Gasteiger partial charge in [0.25, 0.3) is 5.91 Å². The average Bonchev–Trinajstić information content (AvgIpc) is 3.44. The van der Waals surface area contributed by atoms with E-state index in [2.05, 4.69) is 20.1 Å². The molecule has 0 unspecified atom stereocenters. The fourth-order valence-corrected chi connectivity index (χ4v) is 4.38.